The van der Waals surface area contributed by atoms with Crippen molar-refractivity contribution in [2.24, 2.45) is 0 Å². The minimum Gasteiger partial charge on any atom is -0.378 e. The highest BCUT2D eigenvalue weighted by molar-refractivity contribution is 7.20. The van der Waals surface area contributed by atoms with E-state index < -0.39 is 0 Å². The standard InChI is InChI=1S/C20H18N2O2S2/c23-18(8-5-16-14-26-20(21-16)19-2-1-13-25-19)15-3-6-17(7-4-15)22-9-11-24-12-10-22/h1-8,13-14H,9-12H2. The molecule has 0 saturated carbocycles. The molecule has 4 rings (SSSR count). The summed E-state index contributed by atoms with van der Waals surface area (Å²) in [5, 5.41) is 5.00. The van der Waals surface area contributed by atoms with Crippen LogP contribution in [0.5, 0.6) is 0 Å². The Hall–Kier alpha value is -2.28. The van der Waals surface area contributed by atoms with E-state index in [1.165, 1.54) is 0 Å². The van der Waals surface area contributed by atoms with Gasteiger partial charge in [-0.25, -0.2) is 4.98 Å². The summed E-state index contributed by atoms with van der Waals surface area (Å²) in [6.45, 7) is 3.29. The molecule has 0 bridgehead atoms. The largest absolute Gasteiger partial charge is 0.378 e. The zero-order valence-electron chi connectivity index (χ0n) is 14.1. The third-order valence-electron chi connectivity index (χ3n) is 4.19. The van der Waals surface area contributed by atoms with Crippen LogP contribution in [0.15, 0.2) is 53.2 Å². The van der Waals surface area contributed by atoms with Crippen molar-refractivity contribution in [1.29, 1.82) is 0 Å². The number of benzene rings is 1. The number of thiazole rings is 1. The Kier molecular flexibility index (Phi) is 5.24. The van der Waals surface area contributed by atoms with Crippen LogP contribution in [0.1, 0.15) is 16.1 Å². The Balaban J connectivity index is 1.42. The zero-order valence-corrected chi connectivity index (χ0v) is 15.8. The van der Waals surface area contributed by atoms with Gasteiger partial charge in [0.15, 0.2) is 5.78 Å². The average Bonchev–Trinajstić information content (AvgIpc) is 3.38. The first-order chi connectivity index (χ1) is 12.8. The number of thiophene rings is 1. The summed E-state index contributed by atoms with van der Waals surface area (Å²) in [5.74, 6) is -0.01000. The van der Waals surface area contributed by atoms with E-state index in [1.54, 1.807) is 34.8 Å². The molecule has 1 fully saturated rings. The van der Waals surface area contributed by atoms with E-state index >= 15 is 0 Å². The van der Waals surface area contributed by atoms with Crippen LogP contribution in [0.4, 0.5) is 5.69 Å². The smallest absolute Gasteiger partial charge is 0.185 e. The first kappa shape index (κ1) is 17.1. The Bertz CT molecular complexity index is 892. The molecule has 0 unspecified atom stereocenters. The highest BCUT2D eigenvalue weighted by Crippen LogP contribution is 2.28. The van der Waals surface area contributed by atoms with Gasteiger partial charge in [-0.05, 0) is 47.9 Å². The van der Waals surface area contributed by atoms with Crippen molar-refractivity contribution in [1.82, 2.24) is 4.98 Å². The Morgan fingerprint density at radius 3 is 2.65 bits per heavy atom. The Morgan fingerprint density at radius 2 is 1.92 bits per heavy atom. The number of rotatable bonds is 5. The van der Waals surface area contributed by atoms with Gasteiger partial charge in [0.05, 0.1) is 23.8 Å². The second-order valence-corrected chi connectivity index (χ2v) is 7.70. The molecule has 0 atom stereocenters. The zero-order chi connectivity index (χ0) is 17.8. The highest BCUT2D eigenvalue weighted by atomic mass is 32.1. The van der Waals surface area contributed by atoms with Crippen LogP contribution in [0, 0.1) is 0 Å². The van der Waals surface area contributed by atoms with Gasteiger partial charge in [-0.15, -0.1) is 22.7 Å². The van der Waals surface area contributed by atoms with Gasteiger partial charge in [0.2, 0.25) is 0 Å². The quantitative estimate of drug-likeness (QED) is 0.478. The second kappa shape index (κ2) is 7.95. The Labute approximate surface area is 160 Å². The van der Waals surface area contributed by atoms with Crippen molar-refractivity contribution in [2.45, 2.75) is 0 Å². The molecule has 4 nitrogen and oxygen atoms in total. The number of morpholine rings is 1. The summed E-state index contributed by atoms with van der Waals surface area (Å²) < 4.78 is 5.37. The minimum absolute atomic E-state index is 0.01000. The molecule has 0 N–H and O–H groups in total. The molecule has 0 amide bonds. The first-order valence-corrected chi connectivity index (χ1v) is 10.2. The van der Waals surface area contributed by atoms with Crippen molar-refractivity contribution in [3.63, 3.8) is 0 Å². The number of carbonyl (C=O) groups excluding carboxylic acids is 1. The molecular formula is C20H18N2O2S2. The predicted octanol–water partition coefficient (Wildman–Crippen LogP) is 4.60. The average molecular weight is 383 g/mol. The minimum atomic E-state index is -0.01000. The summed E-state index contributed by atoms with van der Waals surface area (Å²) in [7, 11) is 0. The molecule has 3 heterocycles. The van der Waals surface area contributed by atoms with E-state index in [0.29, 0.717) is 5.56 Å². The molecular weight excluding hydrogens is 364 g/mol. The van der Waals surface area contributed by atoms with Gasteiger partial charge < -0.3 is 9.64 Å². The number of carbonyl (C=O) groups is 1. The van der Waals surface area contributed by atoms with Crippen molar-refractivity contribution < 1.29 is 9.53 Å². The van der Waals surface area contributed by atoms with Crippen LogP contribution in [-0.4, -0.2) is 37.1 Å². The van der Waals surface area contributed by atoms with Crippen LogP contribution < -0.4 is 4.90 Å². The molecule has 0 spiro atoms. The van der Waals surface area contributed by atoms with Crippen LogP contribution in [0.2, 0.25) is 0 Å². The molecule has 1 aliphatic heterocycles. The normalized spacial score (nSPS) is 14.8. The summed E-state index contributed by atoms with van der Waals surface area (Å²) >= 11 is 3.26. The molecule has 1 saturated heterocycles. The number of anilines is 1. The lowest BCUT2D eigenvalue weighted by atomic mass is 10.1. The summed E-state index contributed by atoms with van der Waals surface area (Å²) in [5.41, 5.74) is 2.64. The first-order valence-electron chi connectivity index (χ1n) is 8.44. The summed E-state index contributed by atoms with van der Waals surface area (Å²) in [6, 6.07) is 11.8. The van der Waals surface area contributed by atoms with Crippen molar-refractivity contribution in [3.8, 4) is 9.88 Å². The number of aromatic nitrogens is 1. The van der Waals surface area contributed by atoms with Gasteiger partial charge in [-0.2, -0.15) is 0 Å². The molecule has 1 aromatic carbocycles. The van der Waals surface area contributed by atoms with E-state index in [0.717, 1.165) is 47.6 Å². The van der Waals surface area contributed by atoms with Crippen LogP contribution >= 0.6 is 22.7 Å². The molecule has 0 aliphatic carbocycles. The number of hydrogen-bond acceptors (Lipinski definition) is 6. The van der Waals surface area contributed by atoms with Crippen molar-refractivity contribution in [3.05, 3.63) is 64.5 Å². The maximum absolute atomic E-state index is 12.4. The lowest BCUT2D eigenvalue weighted by Gasteiger charge is -2.28. The molecule has 2 aromatic heterocycles. The number of hydrogen-bond donors (Lipinski definition) is 0. The number of ether oxygens (including phenoxy) is 1. The van der Waals surface area contributed by atoms with Crippen molar-refractivity contribution >= 4 is 40.2 Å². The van der Waals surface area contributed by atoms with E-state index in [1.807, 2.05) is 41.1 Å². The lowest BCUT2D eigenvalue weighted by molar-refractivity contribution is 0.104. The van der Waals surface area contributed by atoms with Crippen LogP contribution in [0.3, 0.4) is 0 Å². The third kappa shape index (κ3) is 3.93. The van der Waals surface area contributed by atoms with Gasteiger partial charge in [-0.3, -0.25) is 4.79 Å². The monoisotopic (exact) mass is 382 g/mol. The fourth-order valence-electron chi connectivity index (χ4n) is 2.79. The number of ketones is 1. The molecule has 1 aliphatic rings. The summed E-state index contributed by atoms with van der Waals surface area (Å²) in [4.78, 5) is 20.4. The fraction of sp³-hybridized carbons (Fsp3) is 0.200. The van der Waals surface area contributed by atoms with Crippen molar-refractivity contribution in [2.75, 3.05) is 31.2 Å². The van der Waals surface area contributed by atoms with E-state index in [-0.39, 0.29) is 5.78 Å². The number of allylic oxidation sites excluding steroid dienone is 1. The predicted molar refractivity (Wildman–Crippen MR) is 108 cm³/mol. The van der Waals surface area contributed by atoms with Gasteiger partial charge in [0.1, 0.15) is 5.01 Å². The van der Waals surface area contributed by atoms with Crippen LogP contribution in [-0.2, 0) is 4.74 Å². The number of nitrogens with zero attached hydrogens (tertiary/aromatic N) is 2. The van der Waals surface area contributed by atoms with E-state index in [9.17, 15) is 4.79 Å². The third-order valence-corrected chi connectivity index (χ3v) is 6.09. The maximum atomic E-state index is 12.4. The second-order valence-electron chi connectivity index (χ2n) is 5.90. The van der Waals surface area contributed by atoms with Crippen LogP contribution in [0.25, 0.3) is 16.0 Å². The van der Waals surface area contributed by atoms with E-state index in [4.69, 9.17) is 4.74 Å². The Morgan fingerprint density at radius 1 is 1.12 bits per heavy atom. The lowest BCUT2D eigenvalue weighted by Crippen LogP contribution is -2.36. The molecule has 26 heavy (non-hydrogen) atoms. The topological polar surface area (TPSA) is 42.4 Å². The van der Waals surface area contributed by atoms with Gasteiger partial charge >= 0.3 is 0 Å². The molecule has 3 aromatic rings. The van der Waals surface area contributed by atoms with Gasteiger partial charge in [0.25, 0.3) is 0 Å². The highest BCUT2D eigenvalue weighted by Gasteiger charge is 2.11. The van der Waals surface area contributed by atoms with E-state index in [2.05, 4.69) is 16.0 Å². The molecule has 132 valence electrons. The van der Waals surface area contributed by atoms with Gasteiger partial charge in [-0.1, -0.05) is 6.07 Å². The maximum Gasteiger partial charge on any atom is 0.185 e. The summed E-state index contributed by atoms with van der Waals surface area (Å²) in [6.07, 6.45) is 3.38. The molecule has 6 heteroatoms. The molecule has 0 radical (unpaired) electrons. The SMILES string of the molecule is O=C(C=Cc1csc(-c2cccs2)n1)c1ccc(N2CCOCC2)cc1. The fourth-order valence-corrected chi connectivity index (χ4v) is 4.39. The van der Waals surface area contributed by atoms with Gasteiger partial charge in [0, 0.05) is 29.7 Å².